The van der Waals surface area contributed by atoms with Crippen LogP contribution in [-0.2, 0) is 4.74 Å². The van der Waals surface area contributed by atoms with Crippen LogP contribution in [0.5, 0.6) is 0 Å². The van der Waals surface area contributed by atoms with Crippen molar-refractivity contribution in [3.05, 3.63) is 0 Å². The first-order valence-corrected chi connectivity index (χ1v) is 7.68. The van der Waals surface area contributed by atoms with Gasteiger partial charge in [0.05, 0.1) is 0 Å². The Kier molecular flexibility index (Phi) is 9.76. The average Bonchev–Trinajstić information content (AvgIpc) is 2.24. The summed E-state index contributed by atoms with van der Waals surface area (Å²) >= 11 is 0. The molecule has 0 aliphatic heterocycles. The van der Waals surface area contributed by atoms with Crippen molar-refractivity contribution in [1.82, 2.24) is 5.32 Å². The number of rotatable bonds is 11. The summed E-state index contributed by atoms with van der Waals surface area (Å²) in [5, 5.41) is 3.60. The van der Waals surface area contributed by atoms with Crippen LogP contribution in [0, 0.1) is 17.3 Å². The highest BCUT2D eigenvalue weighted by Crippen LogP contribution is 2.27. The summed E-state index contributed by atoms with van der Waals surface area (Å²) in [4.78, 5) is 0. The molecule has 2 nitrogen and oxygen atoms in total. The first-order valence-electron chi connectivity index (χ1n) is 7.68. The summed E-state index contributed by atoms with van der Waals surface area (Å²) in [6.07, 6.45) is 3.70. The van der Waals surface area contributed by atoms with Crippen molar-refractivity contribution in [2.75, 3.05) is 26.3 Å². The van der Waals surface area contributed by atoms with E-state index < -0.39 is 0 Å². The molecule has 2 heteroatoms. The number of nitrogens with one attached hydrogen (secondary N) is 1. The third-order valence-corrected chi connectivity index (χ3v) is 3.26. The van der Waals surface area contributed by atoms with Gasteiger partial charge in [-0.2, -0.15) is 0 Å². The van der Waals surface area contributed by atoms with Crippen molar-refractivity contribution < 1.29 is 4.74 Å². The van der Waals surface area contributed by atoms with Gasteiger partial charge in [0.15, 0.2) is 0 Å². The number of hydrogen-bond donors (Lipinski definition) is 1. The van der Waals surface area contributed by atoms with E-state index in [-0.39, 0.29) is 0 Å². The maximum absolute atomic E-state index is 5.74. The maximum atomic E-state index is 5.74. The SMILES string of the molecule is CCCC(C)(CCOCC(C)C)CNCC(C)C. The van der Waals surface area contributed by atoms with Crippen LogP contribution in [0.3, 0.4) is 0 Å². The van der Waals surface area contributed by atoms with Gasteiger partial charge >= 0.3 is 0 Å². The molecule has 0 aromatic rings. The molecule has 0 aromatic carbocycles. The molecule has 0 aromatic heterocycles. The third-order valence-electron chi connectivity index (χ3n) is 3.26. The first-order chi connectivity index (χ1) is 8.39. The van der Waals surface area contributed by atoms with Crippen molar-refractivity contribution >= 4 is 0 Å². The molecule has 0 fully saturated rings. The smallest absolute Gasteiger partial charge is 0.0488 e. The van der Waals surface area contributed by atoms with Crippen molar-refractivity contribution in [3.8, 4) is 0 Å². The first kappa shape index (κ1) is 17.9. The molecule has 110 valence electrons. The van der Waals surface area contributed by atoms with E-state index in [1.165, 1.54) is 19.3 Å². The van der Waals surface area contributed by atoms with Crippen LogP contribution in [-0.4, -0.2) is 26.3 Å². The molecular formula is C16H35NO. The second-order valence-corrected chi connectivity index (χ2v) is 6.80. The molecule has 0 heterocycles. The van der Waals surface area contributed by atoms with E-state index in [9.17, 15) is 0 Å². The van der Waals surface area contributed by atoms with Gasteiger partial charge in [-0.05, 0) is 36.6 Å². The summed E-state index contributed by atoms with van der Waals surface area (Å²) in [6, 6.07) is 0. The zero-order valence-corrected chi connectivity index (χ0v) is 13.5. The summed E-state index contributed by atoms with van der Waals surface area (Å²) in [5.41, 5.74) is 0.390. The fraction of sp³-hybridized carbons (Fsp3) is 1.00. The van der Waals surface area contributed by atoms with E-state index in [1.54, 1.807) is 0 Å². The second kappa shape index (κ2) is 9.80. The minimum absolute atomic E-state index is 0.390. The molecule has 0 bridgehead atoms. The zero-order valence-electron chi connectivity index (χ0n) is 13.5. The van der Waals surface area contributed by atoms with Gasteiger partial charge in [-0.15, -0.1) is 0 Å². The van der Waals surface area contributed by atoms with Gasteiger partial charge < -0.3 is 10.1 Å². The van der Waals surface area contributed by atoms with Crippen molar-refractivity contribution in [1.29, 1.82) is 0 Å². The van der Waals surface area contributed by atoms with Gasteiger partial charge in [0.1, 0.15) is 0 Å². The highest BCUT2D eigenvalue weighted by atomic mass is 16.5. The molecular weight excluding hydrogens is 222 g/mol. The van der Waals surface area contributed by atoms with Crippen LogP contribution in [0.15, 0.2) is 0 Å². The van der Waals surface area contributed by atoms with Gasteiger partial charge in [0.25, 0.3) is 0 Å². The molecule has 0 rings (SSSR count). The molecule has 0 spiro atoms. The number of ether oxygens (including phenoxy) is 1. The van der Waals surface area contributed by atoms with Gasteiger partial charge in [-0.25, -0.2) is 0 Å². The Morgan fingerprint density at radius 1 is 1.06 bits per heavy atom. The third kappa shape index (κ3) is 9.90. The van der Waals surface area contributed by atoms with Crippen LogP contribution in [0.1, 0.15) is 60.8 Å². The van der Waals surface area contributed by atoms with Crippen LogP contribution >= 0.6 is 0 Å². The molecule has 1 atom stereocenters. The Morgan fingerprint density at radius 2 is 1.72 bits per heavy atom. The zero-order chi connectivity index (χ0) is 14.0. The molecule has 0 saturated heterocycles. The Balaban J connectivity index is 3.92. The Hall–Kier alpha value is -0.0800. The minimum Gasteiger partial charge on any atom is -0.381 e. The van der Waals surface area contributed by atoms with E-state index in [0.717, 1.165) is 32.2 Å². The van der Waals surface area contributed by atoms with Crippen LogP contribution in [0.25, 0.3) is 0 Å². The van der Waals surface area contributed by atoms with Gasteiger partial charge in [0.2, 0.25) is 0 Å². The lowest BCUT2D eigenvalue weighted by Gasteiger charge is -2.30. The van der Waals surface area contributed by atoms with E-state index in [4.69, 9.17) is 4.74 Å². The largest absolute Gasteiger partial charge is 0.381 e. The maximum Gasteiger partial charge on any atom is 0.0488 e. The van der Waals surface area contributed by atoms with Crippen LogP contribution in [0.4, 0.5) is 0 Å². The molecule has 0 aliphatic carbocycles. The molecule has 0 aliphatic rings. The van der Waals surface area contributed by atoms with Crippen molar-refractivity contribution in [2.45, 2.75) is 60.8 Å². The van der Waals surface area contributed by atoms with Gasteiger partial charge in [-0.3, -0.25) is 0 Å². The molecule has 0 saturated carbocycles. The molecule has 18 heavy (non-hydrogen) atoms. The Bertz CT molecular complexity index is 192. The lowest BCUT2D eigenvalue weighted by molar-refractivity contribution is 0.0772. The fourth-order valence-corrected chi connectivity index (χ4v) is 2.21. The summed E-state index contributed by atoms with van der Waals surface area (Å²) in [6.45, 7) is 17.6. The topological polar surface area (TPSA) is 21.3 Å². The lowest BCUT2D eigenvalue weighted by Crippen LogP contribution is -2.34. The normalized spacial score (nSPS) is 15.3. The predicted octanol–water partition coefficient (Wildman–Crippen LogP) is 4.10. The molecule has 0 radical (unpaired) electrons. The monoisotopic (exact) mass is 257 g/mol. The molecule has 1 N–H and O–H groups in total. The average molecular weight is 257 g/mol. The van der Waals surface area contributed by atoms with E-state index >= 15 is 0 Å². The van der Waals surface area contributed by atoms with Crippen LogP contribution in [0.2, 0.25) is 0 Å². The van der Waals surface area contributed by atoms with Crippen molar-refractivity contribution in [3.63, 3.8) is 0 Å². The molecule has 0 amide bonds. The Labute approximate surface area is 115 Å². The standard InChI is InChI=1S/C16H35NO/c1-7-8-16(6,13-17-11-14(2)3)9-10-18-12-15(4)5/h14-15,17H,7-13H2,1-6H3. The Morgan fingerprint density at radius 3 is 2.22 bits per heavy atom. The van der Waals surface area contributed by atoms with E-state index in [2.05, 4.69) is 46.9 Å². The quantitative estimate of drug-likeness (QED) is 0.563. The second-order valence-electron chi connectivity index (χ2n) is 6.80. The van der Waals surface area contributed by atoms with E-state index in [0.29, 0.717) is 11.3 Å². The highest BCUT2D eigenvalue weighted by Gasteiger charge is 2.22. The lowest BCUT2D eigenvalue weighted by atomic mass is 9.82. The summed E-state index contributed by atoms with van der Waals surface area (Å²) in [7, 11) is 0. The van der Waals surface area contributed by atoms with Gasteiger partial charge in [0, 0.05) is 19.8 Å². The van der Waals surface area contributed by atoms with E-state index in [1.807, 2.05) is 0 Å². The molecule has 1 unspecified atom stereocenters. The highest BCUT2D eigenvalue weighted by molar-refractivity contribution is 4.76. The fourth-order valence-electron chi connectivity index (χ4n) is 2.21. The number of hydrogen-bond acceptors (Lipinski definition) is 2. The van der Waals surface area contributed by atoms with Gasteiger partial charge in [-0.1, -0.05) is 48.0 Å². The summed E-state index contributed by atoms with van der Waals surface area (Å²) < 4.78 is 5.74. The van der Waals surface area contributed by atoms with Crippen molar-refractivity contribution in [2.24, 2.45) is 17.3 Å². The predicted molar refractivity (Wildman–Crippen MR) is 81.0 cm³/mol. The van der Waals surface area contributed by atoms with Crippen LogP contribution < -0.4 is 5.32 Å². The minimum atomic E-state index is 0.390. The summed E-state index contributed by atoms with van der Waals surface area (Å²) in [5.74, 6) is 1.37.